The molecule has 0 spiro atoms. The largest absolute Gasteiger partial charge is 0.573 e. The van der Waals surface area contributed by atoms with E-state index in [1.54, 1.807) is 19.1 Å². The fourth-order valence-corrected chi connectivity index (χ4v) is 1.76. The number of rotatable bonds is 2. The highest BCUT2D eigenvalue weighted by Crippen LogP contribution is 2.28. The predicted octanol–water partition coefficient (Wildman–Crippen LogP) is 4.70. The van der Waals surface area contributed by atoms with Gasteiger partial charge in [-0.25, -0.2) is 4.39 Å². The monoisotopic (exact) mass is 270 g/mol. The Labute approximate surface area is 107 Å². The first-order chi connectivity index (χ1) is 8.87. The zero-order chi connectivity index (χ0) is 14.0. The average Bonchev–Trinajstić information content (AvgIpc) is 2.32. The van der Waals surface area contributed by atoms with E-state index in [1.807, 2.05) is 0 Å². The fourth-order valence-electron chi connectivity index (χ4n) is 1.76. The van der Waals surface area contributed by atoms with Crippen LogP contribution < -0.4 is 4.74 Å². The number of hydrogen-bond donors (Lipinski definition) is 0. The van der Waals surface area contributed by atoms with Crippen LogP contribution in [0.1, 0.15) is 5.56 Å². The summed E-state index contributed by atoms with van der Waals surface area (Å²) in [7, 11) is 0. The van der Waals surface area contributed by atoms with Crippen LogP contribution in [-0.4, -0.2) is 6.36 Å². The second-order valence-electron chi connectivity index (χ2n) is 3.98. The number of hydrogen-bond acceptors (Lipinski definition) is 1. The van der Waals surface area contributed by atoms with Crippen molar-refractivity contribution in [1.29, 1.82) is 0 Å². The summed E-state index contributed by atoms with van der Waals surface area (Å²) in [4.78, 5) is 0. The molecule has 2 rings (SSSR count). The molecule has 0 fully saturated rings. The van der Waals surface area contributed by atoms with Crippen LogP contribution in [0.25, 0.3) is 11.1 Å². The summed E-state index contributed by atoms with van der Waals surface area (Å²) < 4.78 is 53.2. The van der Waals surface area contributed by atoms with Crippen molar-refractivity contribution in [1.82, 2.24) is 0 Å². The third-order valence-corrected chi connectivity index (χ3v) is 2.67. The van der Waals surface area contributed by atoms with E-state index in [0.29, 0.717) is 16.7 Å². The van der Waals surface area contributed by atoms with Gasteiger partial charge in [0, 0.05) is 0 Å². The molecule has 2 aromatic carbocycles. The van der Waals surface area contributed by atoms with Gasteiger partial charge in [-0.3, -0.25) is 0 Å². The number of ether oxygens (including phenoxy) is 1. The molecule has 0 radical (unpaired) electrons. The molecule has 100 valence electrons. The van der Waals surface area contributed by atoms with Crippen LogP contribution in [-0.2, 0) is 0 Å². The van der Waals surface area contributed by atoms with Crippen molar-refractivity contribution >= 4 is 0 Å². The molecule has 0 bridgehead atoms. The highest BCUT2D eigenvalue weighted by molar-refractivity contribution is 5.67. The predicted molar refractivity (Wildman–Crippen MR) is 63.3 cm³/mol. The Hall–Kier alpha value is -2.04. The number of alkyl halides is 3. The minimum atomic E-state index is -4.71. The molecule has 2 aromatic rings. The Balaban J connectivity index is 2.30. The summed E-state index contributed by atoms with van der Waals surface area (Å²) in [6.45, 7) is 1.62. The minimum absolute atomic E-state index is 0.301. The quantitative estimate of drug-likeness (QED) is 0.719. The SMILES string of the molecule is Cc1c(F)cccc1-c1ccc(OC(F)(F)F)cc1. The van der Waals surface area contributed by atoms with Gasteiger partial charge in [0.1, 0.15) is 11.6 Å². The Kier molecular flexibility index (Phi) is 3.46. The molecule has 0 amide bonds. The van der Waals surface area contributed by atoms with Crippen molar-refractivity contribution in [2.45, 2.75) is 13.3 Å². The van der Waals surface area contributed by atoms with Crippen LogP contribution in [0.15, 0.2) is 42.5 Å². The van der Waals surface area contributed by atoms with E-state index in [2.05, 4.69) is 4.74 Å². The lowest BCUT2D eigenvalue weighted by molar-refractivity contribution is -0.274. The molecule has 0 saturated carbocycles. The average molecular weight is 270 g/mol. The molecule has 19 heavy (non-hydrogen) atoms. The molecule has 0 unspecified atom stereocenters. The third kappa shape index (κ3) is 3.24. The first-order valence-electron chi connectivity index (χ1n) is 5.48. The van der Waals surface area contributed by atoms with Crippen LogP contribution >= 0.6 is 0 Å². The normalized spacial score (nSPS) is 11.4. The van der Waals surface area contributed by atoms with Gasteiger partial charge < -0.3 is 4.74 Å². The van der Waals surface area contributed by atoms with E-state index in [0.717, 1.165) is 0 Å². The lowest BCUT2D eigenvalue weighted by Gasteiger charge is -2.10. The van der Waals surface area contributed by atoms with E-state index in [1.165, 1.54) is 30.3 Å². The Morgan fingerprint density at radius 2 is 1.58 bits per heavy atom. The molecule has 0 aliphatic carbocycles. The van der Waals surface area contributed by atoms with Gasteiger partial charge in [-0.05, 0) is 41.8 Å². The van der Waals surface area contributed by atoms with Gasteiger partial charge in [0.2, 0.25) is 0 Å². The summed E-state index contributed by atoms with van der Waals surface area (Å²) in [5.74, 6) is -0.654. The maximum Gasteiger partial charge on any atom is 0.573 e. The van der Waals surface area contributed by atoms with Crippen LogP contribution in [0.3, 0.4) is 0 Å². The molecule has 0 N–H and O–H groups in total. The Bertz CT molecular complexity index is 573. The first-order valence-corrected chi connectivity index (χ1v) is 5.48. The smallest absolute Gasteiger partial charge is 0.406 e. The van der Waals surface area contributed by atoms with Crippen molar-refractivity contribution in [3.05, 3.63) is 53.8 Å². The van der Waals surface area contributed by atoms with Crippen LogP contribution in [0.4, 0.5) is 17.6 Å². The van der Waals surface area contributed by atoms with Crippen LogP contribution in [0.2, 0.25) is 0 Å². The highest BCUT2D eigenvalue weighted by atomic mass is 19.4. The summed E-state index contributed by atoms with van der Waals surface area (Å²) >= 11 is 0. The molecule has 1 nitrogen and oxygen atoms in total. The molecular formula is C14H10F4O. The lowest BCUT2D eigenvalue weighted by Crippen LogP contribution is -2.16. The molecule has 0 saturated heterocycles. The van der Waals surface area contributed by atoms with Gasteiger partial charge in [0.15, 0.2) is 0 Å². The van der Waals surface area contributed by atoms with Crippen molar-refractivity contribution in [3.8, 4) is 16.9 Å². The second-order valence-corrected chi connectivity index (χ2v) is 3.98. The van der Waals surface area contributed by atoms with Gasteiger partial charge in [-0.15, -0.1) is 13.2 Å². The maximum atomic E-state index is 13.4. The second kappa shape index (κ2) is 4.91. The van der Waals surface area contributed by atoms with Crippen molar-refractivity contribution in [2.75, 3.05) is 0 Å². The lowest BCUT2D eigenvalue weighted by atomic mass is 10.0. The van der Waals surface area contributed by atoms with E-state index in [-0.39, 0.29) is 11.6 Å². The number of benzene rings is 2. The molecule has 0 atom stereocenters. The number of halogens is 4. The fraction of sp³-hybridized carbons (Fsp3) is 0.143. The minimum Gasteiger partial charge on any atom is -0.406 e. The summed E-state index contributed by atoms with van der Waals surface area (Å²) in [6, 6.07) is 9.92. The standard InChI is InChI=1S/C14H10F4O/c1-9-12(3-2-4-13(9)15)10-5-7-11(8-6-10)19-14(16,17)18/h2-8H,1H3. The topological polar surface area (TPSA) is 9.23 Å². The van der Waals surface area contributed by atoms with E-state index in [4.69, 9.17) is 0 Å². The van der Waals surface area contributed by atoms with Gasteiger partial charge in [-0.1, -0.05) is 24.3 Å². The summed E-state index contributed by atoms with van der Waals surface area (Å²) in [6.07, 6.45) is -4.71. The van der Waals surface area contributed by atoms with E-state index < -0.39 is 6.36 Å². The van der Waals surface area contributed by atoms with Crippen molar-refractivity contribution in [3.63, 3.8) is 0 Å². The maximum absolute atomic E-state index is 13.4. The van der Waals surface area contributed by atoms with Crippen LogP contribution in [0.5, 0.6) is 5.75 Å². The molecule has 0 aliphatic rings. The molecule has 5 heteroatoms. The van der Waals surface area contributed by atoms with Crippen LogP contribution in [0, 0.1) is 12.7 Å². The molecule has 0 heterocycles. The van der Waals surface area contributed by atoms with Gasteiger partial charge >= 0.3 is 6.36 Å². The third-order valence-electron chi connectivity index (χ3n) is 2.67. The molecule has 0 aromatic heterocycles. The van der Waals surface area contributed by atoms with Crippen molar-refractivity contribution in [2.24, 2.45) is 0 Å². The summed E-state index contributed by atoms with van der Waals surface area (Å²) in [5, 5.41) is 0. The van der Waals surface area contributed by atoms with Gasteiger partial charge in [-0.2, -0.15) is 0 Å². The molecular weight excluding hydrogens is 260 g/mol. The zero-order valence-corrected chi connectivity index (χ0v) is 9.96. The van der Waals surface area contributed by atoms with E-state index in [9.17, 15) is 17.6 Å². The zero-order valence-electron chi connectivity index (χ0n) is 9.96. The van der Waals surface area contributed by atoms with Gasteiger partial charge in [0.05, 0.1) is 0 Å². The van der Waals surface area contributed by atoms with E-state index >= 15 is 0 Å². The Morgan fingerprint density at radius 1 is 0.947 bits per heavy atom. The Morgan fingerprint density at radius 3 is 2.16 bits per heavy atom. The van der Waals surface area contributed by atoms with Gasteiger partial charge in [0.25, 0.3) is 0 Å². The van der Waals surface area contributed by atoms with Crippen molar-refractivity contribution < 1.29 is 22.3 Å². The molecule has 0 aliphatic heterocycles. The highest BCUT2D eigenvalue weighted by Gasteiger charge is 2.30. The first kappa shape index (κ1) is 13.4. The summed E-state index contributed by atoms with van der Waals surface area (Å²) in [5.41, 5.74) is 1.72.